The van der Waals surface area contributed by atoms with Crippen molar-refractivity contribution in [2.24, 2.45) is 5.92 Å². The van der Waals surface area contributed by atoms with Gasteiger partial charge < -0.3 is 9.84 Å². The molecule has 3 atom stereocenters. The molecule has 1 aliphatic heterocycles. The molecule has 1 heterocycles. The van der Waals surface area contributed by atoms with Crippen molar-refractivity contribution in [2.45, 2.75) is 26.2 Å². The molecule has 2 rings (SSSR count). The van der Waals surface area contributed by atoms with E-state index in [1.165, 1.54) is 18.7 Å². The first-order valence-corrected chi connectivity index (χ1v) is 5.76. The first-order valence-electron chi connectivity index (χ1n) is 5.76. The molecule has 5 heteroatoms. The fourth-order valence-corrected chi connectivity index (χ4v) is 2.09. The van der Waals surface area contributed by atoms with E-state index in [9.17, 15) is 14.7 Å². The Kier molecular flexibility index (Phi) is 3.34. The van der Waals surface area contributed by atoms with Gasteiger partial charge in [-0.25, -0.2) is 0 Å². The zero-order valence-corrected chi connectivity index (χ0v) is 10.2. The van der Waals surface area contributed by atoms with Crippen LogP contribution in [-0.4, -0.2) is 29.3 Å². The molecule has 0 spiro atoms. The summed E-state index contributed by atoms with van der Waals surface area (Å²) in [6.07, 6.45) is -1.57. The molecule has 0 aliphatic carbocycles. The fourth-order valence-electron chi connectivity index (χ4n) is 2.09. The quantitative estimate of drug-likeness (QED) is 0.639. The van der Waals surface area contributed by atoms with Crippen LogP contribution in [-0.2, 0) is 14.3 Å². The van der Waals surface area contributed by atoms with Gasteiger partial charge in [-0.2, -0.15) is 0 Å². The number of para-hydroxylation sites is 1. The summed E-state index contributed by atoms with van der Waals surface area (Å²) in [5.41, 5.74) is 0.658. The Morgan fingerprint density at radius 1 is 1.39 bits per heavy atom. The number of aliphatic hydroxyl groups excluding tert-OH is 1. The van der Waals surface area contributed by atoms with Crippen molar-refractivity contribution in [1.29, 1.82) is 0 Å². The summed E-state index contributed by atoms with van der Waals surface area (Å²) in [5.74, 6) is -1.39. The number of hydrogen-bond acceptors (Lipinski definition) is 4. The van der Waals surface area contributed by atoms with Crippen LogP contribution in [0.1, 0.15) is 13.8 Å². The molecule has 0 saturated carbocycles. The van der Waals surface area contributed by atoms with E-state index in [0.717, 1.165) is 0 Å². The molecule has 0 aromatic heterocycles. The lowest BCUT2D eigenvalue weighted by Crippen LogP contribution is -2.66. The Morgan fingerprint density at radius 2 is 2.00 bits per heavy atom. The lowest BCUT2D eigenvalue weighted by Gasteiger charge is -2.46. The second kappa shape index (κ2) is 4.78. The summed E-state index contributed by atoms with van der Waals surface area (Å²) in [4.78, 5) is 24.4. The molecule has 1 fully saturated rings. The van der Waals surface area contributed by atoms with Gasteiger partial charge in [-0.05, 0) is 19.1 Å². The van der Waals surface area contributed by atoms with Crippen LogP contribution in [0.3, 0.4) is 0 Å². The first kappa shape index (κ1) is 12.6. The Hall–Kier alpha value is -1.88. The number of amides is 1. The monoisotopic (exact) mass is 249 g/mol. The third-order valence-corrected chi connectivity index (χ3v) is 2.93. The highest BCUT2D eigenvalue weighted by atomic mass is 16.6. The smallest absolute Gasteiger partial charge is 0.304 e. The van der Waals surface area contributed by atoms with Gasteiger partial charge in [0.05, 0.1) is 6.10 Å². The van der Waals surface area contributed by atoms with Gasteiger partial charge in [0, 0.05) is 12.6 Å². The second-order valence-electron chi connectivity index (χ2n) is 4.31. The molecule has 5 nitrogen and oxygen atoms in total. The highest BCUT2D eigenvalue weighted by Gasteiger charge is 2.52. The third kappa shape index (κ3) is 2.09. The summed E-state index contributed by atoms with van der Waals surface area (Å²) in [7, 11) is 0. The summed E-state index contributed by atoms with van der Waals surface area (Å²) >= 11 is 0. The van der Waals surface area contributed by atoms with Crippen LogP contribution in [0.4, 0.5) is 5.69 Å². The number of hydrogen-bond donors (Lipinski definition) is 1. The predicted octanol–water partition coefficient (Wildman–Crippen LogP) is 0.919. The fraction of sp³-hybridized carbons (Fsp3) is 0.385. The maximum absolute atomic E-state index is 12.0. The van der Waals surface area contributed by atoms with Crippen LogP contribution in [0.2, 0.25) is 0 Å². The number of nitrogens with zero attached hydrogens (tertiary/aromatic N) is 1. The van der Waals surface area contributed by atoms with Crippen LogP contribution in [0.25, 0.3) is 0 Å². The number of aliphatic hydroxyl groups is 1. The molecule has 18 heavy (non-hydrogen) atoms. The van der Waals surface area contributed by atoms with Crippen molar-refractivity contribution in [3.05, 3.63) is 30.3 Å². The molecule has 96 valence electrons. The van der Waals surface area contributed by atoms with Crippen molar-refractivity contribution in [3.8, 4) is 0 Å². The van der Waals surface area contributed by atoms with Gasteiger partial charge in [-0.1, -0.05) is 18.2 Å². The van der Waals surface area contributed by atoms with E-state index in [-0.39, 0.29) is 5.91 Å². The van der Waals surface area contributed by atoms with E-state index in [2.05, 4.69) is 0 Å². The Balaban J connectivity index is 2.25. The van der Waals surface area contributed by atoms with E-state index < -0.39 is 24.2 Å². The number of carbonyl (C=O) groups excluding carboxylic acids is 2. The molecule has 0 radical (unpaired) electrons. The summed E-state index contributed by atoms with van der Waals surface area (Å²) < 4.78 is 5.10. The number of anilines is 1. The van der Waals surface area contributed by atoms with E-state index in [1.807, 2.05) is 6.07 Å². The number of esters is 1. The van der Waals surface area contributed by atoms with Crippen molar-refractivity contribution in [3.63, 3.8) is 0 Å². The number of benzene rings is 1. The van der Waals surface area contributed by atoms with Crippen molar-refractivity contribution in [1.82, 2.24) is 0 Å². The molecule has 1 aliphatic rings. The zero-order valence-electron chi connectivity index (χ0n) is 10.2. The van der Waals surface area contributed by atoms with Crippen LogP contribution < -0.4 is 4.90 Å². The van der Waals surface area contributed by atoms with Crippen LogP contribution in [0, 0.1) is 5.92 Å². The number of rotatable bonds is 3. The van der Waals surface area contributed by atoms with Gasteiger partial charge >= 0.3 is 5.97 Å². The average Bonchev–Trinajstić information content (AvgIpc) is 2.28. The minimum Gasteiger partial charge on any atom is -0.440 e. The maximum atomic E-state index is 12.0. The van der Waals surface area contributed by atoms with Crippen LogP contribution in [0.5, 0.6) is 0 Å². The minimum absolute atomic E-state index is 0.234. The molecular weight excluding hydrogens is 234 g/mol. The molecule has 1 amide bonds. The topological polar surface area (TPSA) is 66.8 Å². The van der Waals surface area contributed by atoms with E-state index in [1.54, 1.807) is 24.3 Å². The molecule has 1 saturated heterocycles. The van der Waals surface area contributed by atoms with Crippen molar-refractivity contribution < 1.29 is 19.4 Å². The van der Waals surface area contributed by atoms with Gasteiger partial charge in [-0.15, -0.1) is 0 Å². The highest BCUT2D eigenvalue weighted by molar-refractivity contribution is 6.03. The lowest BCUT2D eigenvalue weighted by atomic mass is 9.90. The standard InChI is InChI=1S/C13H15NO4/c1-8(15)11-12(17)14(13(11)18-9(2)16)10-6-4-3-5-7-10/h3-8,11,13,15H,1-2H3/t8-,11+,13-/m1/s1. The second-order valence-corrected chi connectivity index (χ2v) is 4.31. The minimum atomic E-state index is -0.846. The number of carbonyl (C=O) groups is 2. The summed E-state index contributed by atoms with van der Waals surface area (Å²) in [6, 6.07) is 8.94. The van der Waals surface area contributed by atoms with E-state index in [4.69, 9.17) is 4.74 Å². The van der Waals surface area contributed by atoms with Gasteiger partial charge in [0.25, 0.3) is 0 Å². The first-order chi connectivity index (χ1) is 8.52. The molecule has 0 bridgehead atoms. The van der Waals surface area contributed by atoms with E-state index in [0.29, 0.717) is 5.69 Å². The highest BCUT2D eigenvalue weighted by Crippen LogP contribution is 2.35. The summed E-state index contributed by atoms with van der Waals surface area (Å²) in [5, 5.41) is 9.55. The predicted molar refractivity (Wildman–Crippen MR) is 64.7 cm³/mol. The van der Waals surface area contributed by atoms with Gasteiger partial charge in [0.1, 0.15) is 5.92 Å². The largest absolute Gasteiger partial charge is 0.440 e. The average molecular weight is 249 g/mol. The molecule has 1 N–H and O–H groups in total. The molecule has 0 unspecified atom stereocenters. The molecule has 1 aromatic carbocycles. The van der Waals surface area contributed by atoms with Crippen molar-refractivity contribution in [2.75, 3.05) is 4.90 Å². The maximum Gasteiger partial charge on any atom is 0.304 e. The Bertz CT molecular complexity index is 457. The van der Waals surface area contributed by atoms with Gasteiger partial charge in [0.15, 0.2) is 6.23 Å². The van der Waals surface area contributed by atoms with Crippen LogP contribution in [0.15, 0.2) is 30.3 Å². The van der Waals surface area contributed by atoms with Crippen molar-refractivity contribution >= 4 is 17.6 Å². The summed E-state index contributed by atoms with van der Waals surface area (Å²) in [6.45, 7) is 2.80. The van der Waals surface area contributed by atoms with Gasteiger partial charge in [-0.3, -0.25) is 14.5 Å². The number of ether oxygens (including phenoxy) is 1. The Labute approximate surface area is 105 Å². The molecular formula is C13H15NO4. The Morgan fingerprint density at radius 3 is 2.50 bits per heavy atom. The zero-order chi connectivity index (χ0) is 13.3. The SMILES string of the molecule is CC(=O)O[C@@H]1[C@@H]([C@@H](C)O)C(=O)N1c1ccccc1. The number of β-lactam (4-membered cyclic amide) rings is 1. The van der Waals surface area contributed by atoms with Crippen LogP contribution >= 0.6 is 0 Å². The van der Waals surface area contributed by atoms with E-state index >= 15 is 0 Å². The van der Waals surface area contributed by atoms with Gasteiger partial charge in [0.2, 0.25) is 5.91 Å². The normalized spacial score (nSPS) is 24.4. The lowest BCUT2D eigenvalue weighted by molar-refractivity contribution is -0.166. The molecule has 1 aromatic rings. The third-order valence-electron chi connectivity index (χ3n) is 2.93.